The SMILES string of the molecule is CCCCOCCOc1ccc(-c2cnc3c(c2)C=C(C(=O)OC)CC[C@@H]2CCCN32)cc1. The highest BCUT2D eigenvalue weighted by Gasteiger charge is 2.30. The number of hydrogen-bond donors (Lipinski definition) is 0. The fraction of sp³-hybridized carbons (Fsp3) is 0.481. The van der Waals surface area contributed by atoms with E-state index in [4.69, 9.17) is 19.2 Å². The molecule has 1 atom stereocenters. The van der Waals surface area contributed by atoms with Crippen LogP contribution in [0.15, 0.2) is 42.1 Å². The average Bonchev–Trinajstić information content (AvgIpc) is 3.30. The summed E-state index contributed by atoms with van der Waals surface area (Å²) in [6.07, 6.45) is 10.1. The topological polar surface area (TPSA) is 60.9 Å². The molecule has 0 saturated carbocycles. The number of unbranched alkanes of at least 4 members (excludes halogenated alkanes) is 1. The van der Waals surface area contributed by atoms with E-state index in [2.05, 4.69) is 17.9 Å². The normalized spacial score (nSPS) is 17.5. The van der Waals surface area contributed by atoms with Gasteiger partial charge in [0.1, 0.15) is 18.2 Å². The summed E-state index contributed by atoms with van der Waals surface area (Å²) in [5.41, 5.74) is 3.77. The summed E-state index contributed by atoms with van der Waals surface area (Å²) in [7, 11) is 1.44. The molecule has 2 aliphatic heterocycles. The summed E-state index contributed by atoms with van der Waals surface area (Å²) < 4.78 is 16.4. The van der Waals surface area contributed by atoms with Gasteiger partial charge in [-0.3, -0.25) is 0 Å². The van der Waals surface area contributed by atoms with E-state index in [9.17, 15) is 4.79 Å². The van der Waals surface area contributed by atoms with Gasteiger partial charge in [-0.05, 0) is 61.9 Å². The number of nitrogens with zero attached hydrogens (tertiary/aromatic N) is 2. The zero-order valence-corrected chi connectivity index (χ0v) is 19.7. The van der Waals surface area contributed by atoms with Gasteiger partial charge in [0.2, 0.25) is 0 Å². The number of hydrogen-bond acceptors (Lipinski definition) is 6. The highest BCUT2D eigenvalue weighted by Crippen LogP contribution is 2.36. The van der Waals surface area contributed by atoms with Gasteiger partial charge in [0.15, 0.2) is 0 Å². The minimum Gasteiger partial charge on any atom is -0.491 e. The first-order valence-electron chi connectivity index (χ1n) is 12.1. The zero-order chi connectivity index (χ0) is 23.0. The second-order valence-corrected chi connectivity index (χ2v) is 8.66. The average molecular weight is 451 g/mol. The quantitative estimate of drug-likeness (QED) is 0.383. The molecule has 6 heteroatoms. The Kier molecular flexibility index (Phi) is 8.00. The van der Waals surface area contributed by atoms with Crippen LogP contribution in [-0.2, 0) is 14.3 Å². The maximum absolute atomic E-state index is 12.3. The minimum absolute atomic E-state index is 0.252. The molecule has 6 nitrogen and oxygen atoms in total. The predicted molar refractivity (Wildman–Crippen MR) is 130 cm³/mol. The zero-order valence-electron chi connectivity index (χ0n) is 19.7. The molecule has 1 aromatic carbocycles. The highest BCUT2D eigenvalue weighted by molar-refractivity contribution is 5.95. The summed E-state index contributed by atoms with van der Waals surface area (Å²) in [4.78, 5) is 19.6. The summed E-state index contributed by atoms with van der Waals surface area (Å²) in [5, 5.41) is 0. The van der Waals surface area contributed by atoms with Crippen molar-refractivity contribution in [1.82, 2.24) is 4.98 Å². The van der Waals surface area contributed by atoms with Crippen molar-refractivity contribution in [2.24, 2.45) is 0 Å². The van der Waals surface area contributed by atoms with Crippen molar-refractivity contribution in [3.05, 3.63) is 47.7 Å². The van der Waals surface area contributed by atoms with Crippen molar-refractivity contribution in [2.75, 3.05) is 38.4 Å². The third-order valence-corrected chi connectivity index (χ3v) is 6.39. The number of ether oxygens (including phenoxy) is 3. The minimum atomic E-state index is -0.252. The van der Waals surface area contributed by atoms with E-state index >= 15 is 0 Å². The lowest BCUT2D eigenvalue weighted by Crippen LogP contribution is -2.31. The van der Waals surface area contributed by atoms with Gasteiger partial charge < -0.3 is 19.1 Å². The van der Waals surface area contributed by atoms with E-state index in [0.717, 1.165) is 79.9 Å². The van der Waals surface area contributed by atoms with Gasteiger partial charge in [0, 0.05) is 42.1 Å². The van der Waals surface area contributed by atoms with Gasteiger partial charge in [0.05, 0.1) is 13.7 Å². The molecule has 0 N–H and O–H groups in total. The molecule has 1 aromatic heterocycles. The number of carbonyl (C=O) groups is 1. The van der Waals surface area contributed by atoms with Gasteiger partial charge in [-0.1, -0.05) is 25.5 Å². The van der Waals surface area contributed by atoms with E-state index < -0.39 is 0 Å². The largest absolute Gasteiger partial charge is 0.491 e. The standard InChI is InChI=1S/C27H34N2O4/c1-3-4-14-32-15-16-33-25-11-8-20(9-12-25)23-18-22-17-21(27(30)31-2)7-10-24-6-5-13-29(24)26(22)28-19-23/h8-9,11-12,17-19,24H,3-7,10,13-16H2,1-2H3/t24-/m0/s1. The Bertz CT molecular complexity index is 971. The fourth-order valence-corrected chi connectivity index (χ4v) is 4.58. The van der Waals surface area contributed by atoms with E-state index in [1.54, 1.807) is 0 Å². The molecule has 0 radical (unpaired) electrons. The number of aromatic nitrogens is 1. The molecule has 0 spiro atoms. The molecule has 0 bridgehead atoms. The van der Waals surface area contributed by atoms with Gasteiger partial charge in [-0.2, -0.15) is 0 Å². The molecule has 0 amide bonds. The first-order chi connectivity index (χ1) is 16.2. The van der Waals surface area contributed by atoms with E-state index in [-0.39, 0.29) is 5.97 Å². The monoisotopic (exact) mass is 450 g/mol. The maximum atomic E-state index is 12.3. The fourth-order valence-electron chi connectivity index (χ4n) is 4.58. The van der Waals surface area contributed by atoms with Crippen LogP contribution in [-0.4, -0.2) is 50.5 Å². The molecule has 1 saturated heterocycles. The van der Waals surface area contributed by atoms with Crippen LogP contribution in [0.5, 0.6) is 5.75 Å². The highest BCUT2D eigenvalue weighted by atomic mass is 16.5. The molecule has 33 heavy (non-hydrogen) atoms. The molecule has 4 rings (SSSR count). The van der Waals surface area contributed by atoms with E-state index in [1.807, 2.05) is 36.5 Å². The molecule has 0 aliphatic carbocycles. The third kappa shape index (κ3) is 5.74. The van der Waals surface area contributed by atoms with Crippen LogP contribution >= 0.6 is 0 Å². The van der Waals surface area contributed by atoms with Crippen LogP contribution in [0, 0.1) is 0 Å². The van der Waals surface area contributed by atoms with E-state index in [0.29, 0.717) is 24.8 Å². The van der Waals surface area contributed by atoms with Crippen molar-refractivity contribution in [3.63, 3.8) is 0 Å². The van der Waals surface area contributed by atoms with Crippen LogP contribution in [0.2, 0.25) is 0 Å². The number of rotatable bonds is 9. The number of carbonyl (C=O) groups excluding carboxylic acids is 1. The molecule has 1 fully saturated rings. The van der Waals surface area contributed by atoms with Crippen LogP contribution in [0.1, 0.15) is 51.0 Å². The smallest absolute Gasteiger partial charge is 0.333 e. The molecule has 176 valence electrons. The van der Waals surface area contributed by atoms with Crippen molar-refractivity contribution in [2.45, 2.75) is 51.5 Å². The molecular formula is C27H34N2O4. The number of fused-ring (bicyclic) bond motifs is 3. The number of pyridine rings is 1. The Morgan fingerprint density at radius 1 is 1.12 bits per heavy atom. The van der Waals surface area contributed by atoms with Crippen molar-refractivity contribution < 1.29 is 19.0 Å². The van der Waals surface area contributed by atoms with Crippen LogP contribution in [0.25, 0.3) is 17.2 Å². The number of benzene rings is 1. The van der Waals surface area contributed by atoms with Gasteiger partial charge >= 0.3 is 5.97 Å². The second-order valence-electron chi connectivity index (χ2n) is 8.66. The second kappa shape index (κ2) is 11.3. The lowest BCUT2D eigenvalue weighted by Gasteiger charge is -2.29. The predicted octanol–water partition coefficient (Wildman–Crippen LogP) is 5.26. The molecular weight excluding hydrogens is 416 g/mol. The van der Waals surface area contributed by atoms with Gasteiger partial charge in [-0.25, -0.2) is 9.78 Å². The lowest BCUT2D eigenvalue weighted by atomic mass is 9.97. The Labute approximate surface area is 196 Å². The van der Waals surface area contributed by atoms with Crippen LogP contribution in [0.3, 0.4) is 0 Å². The summed E-state index contributed by atoms with van der Waals surface area (Å²) >= 11 is 0. The van der Waals surface area contributed by atoms with Crippen molar-refractivity contribution in [1.29, 1.82) is 0 Å². The Morgan fingerprint density at radius 3 is 2.76 bits per heavy atom. The summed E-state index contributed by atoms with van der Waals surface area (Å²) in [5.74, 6) is 1.54. The Balaban J connectivity index is 1.51. The molecule has 2 aromatic rings. The molecule has 2 aliphatic rings. The third-order valence-electron chi connectivity index (χ3n) is 6.39. The first kappa shape index (κ1) is 23.3. The van der Waals surface area contributed by atoms with E-state index in [1.165, 1.54) is 7.11 Å². The van der Waals surface area contributed by atoms with Gasteiger partial charge in [0.25, 0.3) is 0 Å². The van der Waals surface area contributed by atoms with Gasteiger partial charge in [-0.15, -0.1) is 0 Å². The number of methoxy groups -OCH3 is 1. The van der Waals surface area contributed by atoms with Crippen LogP contribution in [0.4, 0.5) is 5.82 Å². The summed E-state index contributed by atoms with van der Waals surface area (Å²) in [6, 6.07) is 10.6. The first-order valence-corrected chi connectivity index (χ1v) is 12.1. The molecule has 3 heterocycles. The van der Waals surface area contributed by atoms with Crippen LogP contribution < -0.4 is 9.64 Å². The summed E-state index contributed by atoms with van der Waals surface area (Å²) in [6.45, 7) is 5.10. The Hall–Kier alpha value is -2.86. The van der Waals surface area contributed by atoms with Crippen molar-refractivity contribution in [3.8, 4) is 16.9 Å². The Morgan fingerprint density at radius 2 is 1.97 bits per heavy atom. The van der Waals surface area contributed by atoms with Crippen molar-refractivity contribution >= 4 is 17.9 Å². The maximum Gasteiger partial charge on any atom is 0.333 e. The number of anilines is 1. The molecule has 0 unspecified atom stereocenters. The lowest BCUT2D eigenvalue weighted by molar-refractivity contribution is -0.136. The number of esters is 1.